The van der Waals surface area contributed by atoms with Crippen molar-refractivity contribution in [3.8, 4) is 0 Å². The van der Waals surface area contributed by atoms with Crippen molar-refractivity contribution in [1.82, 2.24) is 0 Å². The average molecular weight is 447 g/mol. The van der Waals surface area contributed by atoms with Crippen molar-refractivity contribution < 1.29 is 31.1 Å². The molecule has 2 nitrogen and oxygen atoms in total. The van der Waals surface area contributed by atoms with E-state index in [-0.39, 0.29) is 15.7 Å². The van der Waals surface area contributed by atoms with Gasteiger partial charge < -0.3 is 5.32 Å². The maximum atomic E-state index is 12.9. The second-order valence-electron chi connectivity index (χ2n) is 4.84. The third-order valence-electron chi connectivity index (χ3n) is 3.08. The number of benzene rings is 2. The molecule has 0 aliphatic heterocycles. The first kappa shape index (κ1) is 19.6. The van der Waals surface area contributed by atoms with Crippen molar-refractivity contribution in [2.24, 2.45) is 0 Å². The Hall–Kier alpha value is -1.74. The molecule has 0 saturated carbocycles. The Morgan fingerprint density at radius 3 is 2.00 bits per heavy atom. The van der Waals surface area contributed by atoms with Gasteiger partial charge in [-0.05, 0) is 52.3 Å². The van der Waals surface area contributed by atoms with Gasteiger partial charge in [0.25, 0.3) is 5.91 Å². The largest absolute Gasteiger partial charge is 0.417 e. The lowest BCUT2D eigenvalue weighted by atomic mass is 10.1. The number of rotatable bonds is 2. The number of amides is 1. The second-order valence-corrected chi connectivity index (χ2v) is 6.10. The number of carbonyl (C=O) groups is 1. The quantitative estimate of drug-likeness (QED) is 0.532. The van der Waals surface area contributed by atoms with Gasteiger partial charge in [0.2, 0.25) is 0 Å². The van der Waals surface area contributed by atoms with E-state index in [0.29, 0.717) is 18.2 Å². The normalized spacial score (nSPS) is 12.2. The van der Waals surface area contributed by atoms with E-state index in [9.17, 15) is 31.1 Å². The zero-order valence-corrected chi connectivity index (χ0v) is 14.2. The van der Waals surface area contributed by atoms with Crippen molar-refractivity contribution in [3.63, 3.8) is 0 Å². The van der Waals surface area contributed by atoms with Crippen LogP contribution in [0.5, 0.6) is 0 Å². The highest BCUT2D eigenvalue weighted by molar-refractivity contribution is 9.10. The SMILES string of the molecule is O=C(Nc1cc(C(F)(F)F)c(Cl)cc1Br)c1ccc(C(F)(F)F)cc1. The van der Waals surface area contributed by atoms with Crippen molar-refractivity contribution in [2.75, 3.05) is 5.32 Å². The summed E-state index contributed by atoms with van der Waals surface area (Å²) in [6.07, 6.45) is -9.29. The lowest BCUT2D eigenvalue weighted by Crippen LogP contribution is -2.14. The lowest BCUT2D eigenvalue weighted by Gasteiger charge is -2.14. The number of halogens is 8. The third-order valence-corrected chi connectivity index (χ3v) is 4.05. The Bertz CT molecular complexity index is 801. The molecule has 0 unspecified atom stereocenters. The van der Waals surface area contributed by atoms with Crippen LogP contribution in [0.4, 0.5) is 32.0 Å². The van der Waals surface area contributed by atoms with Crippen LogP contribution in [0, 0.1) is 0 Å². The Balaban J connectivity index is 2.29. The van der Waals surface area contributed by atoms with Gasteiger partial charge in [-0.3, -0.25) is 4.79 Å². The molecule has 0 heterocycles. The van der Waals surface area contributed by atoms with Crippen LogP contribution in [-0.2, 0) is 12.4 Å². The molecule has 1 amide bonds. The lowest BCUT2D eigenvalue weighted by molar-refractivity contribution is -0.138. The highest BCUT2D eigenvalue weighted by Gasteiger charge is 2.34. The van der Waals surface area contributed by atoms with Gasteiger partial charge in [-0.2, -0.15) is 26.3 Å². The molecule has 25 heavy (non-hydrogen) atoms. The van der Waals surface area contributed by atoms with Crippen LogP contribution in [-0.4, -0.2) is 5.91 Å². The van der Waals surface area contributed by atoms with Gasteiger partial charge in [0, 0.05) is 10.0 Å². The zero-order chi connectivity index (χ0) is 19.0. The molecule has 10 heteroatoms. The molecule has 2 aromatic rings. The van der Waals surface area contributed by atoms with Crippen LogP contribution in [0.25, 0.3) is 0 Å². The van der Waals surface area contributed by atoms with Crippen molar-refractivity contribution in [1.29, 1.82) is 0 Å². The summed E-state index contributed by atoms with van der Waals surface area (Å²) in [7, 11) is 0. The smallest absolute Gasteiger partial charge is 0.321 e. The summed E-state index contributed by atoms with van der Waals surface area (Å²) in [5.41, 5.74) is -2.47. The molecule has 0 aromatic heterocycles. The molecule has 2 rings (SSSR count). The van der Waals surface area contributed by atoms with E-state index in [0.717, 1.165) is 18.2 Å². The standard InChI is InChI=1S/C15H7BrClF6NO/c16-10-6-11(17)9(15(21,22)23)5-12(10)24-13(25)7-1-3-8(4-2-7)14(18,19)20/h1-6H,(H,24,25). The topological polar surface area (TPSA) is 29.1 Å². The number of anilines is 1. The Morgan fingerprint density at radius 1 is 0.960 bits per heavy atom. The highest BCUT2D eigenvalue weighted by Crippen LogP contribution is 2.39. The molecular weight excluding hydrogens is 440 g/mol. The average Bonchev–Trinajstić information content (AvgIpc) is 2.48. The number of nitrogens with one attached hydrogen (secondary N) is 1. The predicted molar refractivity (Wildman–Crippen MR) is 83.6 cm³/mol. The number of carbonyl (C=O) groups excluding carboxylic acids is 1. The molecule has 0 bridgehead atoms. The van der Waals surface area contributed by atoms with Gasteiger partial charge >= 0.3 is 12.4 Å². The van der Waals surface area contributed by atoms with E-state index in [1.54, 1.807) is 0 Å². The molecule has 1 N–H and O–H groups in total. The minimum absolute atomic E-state index is 0.0887. The van der Waals surface area contributed by atoms with Crippen LogP contribution in [0.1, 0.15) is 21.5 Å². The maximum Gasteiger partial charge on any atom is 0.417 e. The van der Waals surface area contributed by atoms with Crippen LogP contribution in [0.2, 0.25) is 5.02 Å². The van der Waals surface area contributed by atoms with Gasteiger partial charge in [0.05, 0.1) is 21.8 Å². The first-order chi connectivity index (χ1) is 11.4. The molecule has 0 atom stereocenters. The Labute approximate surface area is 150 Å². The van der Waals surface area contributed by atoms with Gasteiger partial charge in [-0.15, -0.1) is 0 Å². The van der Waals surface area contributed by atoms with E-state index in [1.807, 2.05) is 0 Å². The van der Waals surface area contributed by atoms with E-state index in [2.05, 4.69) is 21.2 Å². The van der Waals surface area contributed by atoms with E-state index >= 15 is 0 Å². The van der Waals surface area contributed by atoms with E-state index in [1.165, 1.54) is 0 Å². The summed E-state index contributed by atoms with van der Waals surface area (Å²) in [4.78, 5) is 12.0. The zero-order valence-electron chi connectivity index (χ0n) is 11.9. The van der Waals surface area contributed by atoms with E-state index < -0.39 is 34.4 Å². The van der Waals surface area contributed by atoms with Crippen LogP contribution in [0.3, 0.4) is 0 Å². The fraction of sp³-hybridized carbons (Fsp3) is 0.133. The monoisotopic (exact) mass is 445 g/mol. The fourth-order valence-electron chi connectivity index (χ4n) is 1.87. The summed E-state index contributed by atoms with van der Waals surface area (Å²) in [6, 6.07) is 4.85. The minimum atomic E-state index is -4.73. The van der Waals surface area contributed by atoms with Gasteiger partial charge in [-0.1, -0.05) is 11.6 Å². The van der Waals surface area contributed by atoms with E-state index in [4.69, 9.17) is 11.6 Å². The Kier molecular flexibility index (Phi) is 5.38. The maximum absolute atomic E-state index is 12.9. The van der Waals surface area contributed by atoms with Gasteiger partial charge in [-0.25, -0.2) is 0 Å². The van der Waals surface area contributed by atoms with Crippen LogP contribution >= 0.6 is 27.5 Å². The molecule has 2 aromatic carbocycles. The first-order valence-electron chi connectivity index (χ1n) is 6.44. The van der Waals surface area contributed by atoms with Crippen LogP contribution in [0.15, 0.2) is 40.9 Å². The van der Waals surface area contributed by atoms with Crippen LogP contribution < -0.4 is 5.32 Å². The fourth-order valence-corrected chi connectivity index (χ4v) is 2.71. The molecule has 0 spiro atoms. The number of hydrogen-bond donors (Lipinski definition) is 1. The molecule has 0 radical (unpaired) electrons. The molecule has 0 aliphatic rings. The van der Waals surface area contributed by atoms with Gasteiger partial charge in [0.15, 0.2) is 0 Å². The summed E-state index contributed by atoms with van der Waals surface area (Å²) < 4.78 is 76.1. The summed E-state index contributed by atoms with van der Waals surface area (Å²) in [5.74, 6) is -0.870. The molecule has 0 aliphatic carbocycles. The van der Waals surface area contributed by atoms with Crippen molar-refractivity contribution in [2.45, 2.75) is 12.4 Å². The highest BCUT2D eigenvalue weighted by atomic mass is 79.9. The van der Waals surface area contributed by atoms with Gasteiger partial charge in [0.1, 0.15) is 0 Å². The first-order valence-corrected chi connectivity index (χ1v) is 7.61. The molecule has 0 saturated heterocycles. The van der Waals surface area contributed by atoms with Crippen molar-refractivity contribution in [3.05, 3.63) is 62.6 Å². The Morgan fingerprint density at radius 2 is 1.52 bits per heavy atom. The number of alkyl halides is 6. The summed E-state index contributed by atoms with van der Waals surface area (Å²) >= 11 is 8.50. The summed E-state index contributed by atoms with van der Waals surface area (Å²) in [5, 5.41) is 1.64. The second kappa shape index (κ2) is 6.87. The minimum Gasteiger partial charge on any atom is -0.321 e. The van der Waals surface area contributed by atoms with Crippen molar-refractivity contribution >= 4 is 39.1 Å². The molecular formula is C15H7BrClF6NO. The molecule has 0 fully saturated rings. The predicted octanol–water partition coefficient (Wildman–Crippen LogP) is 6.39. The molecule has 134 valence electrons. The third kappa shape index (κ3) is 4.66. The summed E-state index contributed by atoms with van der Waals surface area (Å²) in [6.45, 7) is 0. The number of hydrogen-bond acceptors (Lipinski definition) is 1.